The number of benzene rings is 1. The molecule has 2 unspecified atom stereocenters. The summed E-state index contributed by atoms with van der Waals surface area (Å²) >= 11 is 13.7. The van der Waals surface area contributed by atoms with Crippen molar-refractivity contribution in [2.75, 3.05) is 6.61 Å². The first-order valence-electron chi connectivity index (χ1n) is 11.7. The molecule has 1 aliphatic carbocycles. The van der Waals surface area contributed by atoms with Gasteiger partial charge in [-0.3, -0.25) is 4.79 Å². The Balaban J connectivity index is 1.25. The lowest BCUT2D eigenvalue weighted by atomic mass is 9.79. The number of amides is 1. The Kier molecular flexibility index (Phi) is 6.40. The Bertz CT molecular complexity index is 1540. The van der Waals surface area contributed by atoms with Crippen molar-refractivity contribution in [2.24, 2.45) is 11.0 Å². The lowest BCUT2D eigenvalue weighted by Gasteiger charge is -2.27. The van der Waals surface area contributed by atoms with Gasteiger partial charge in [-0.15, -0.1) is 11.3 Å². The molecule has 1 saturated carbocycles. The lowest BCUT2D eigenvalue weighted by molar-refractivity contribution is -0.137. The maximum atomic E-state index is 13.4. The van der Waals surface area contributed by atoms with Crippen molar-refractivity contribution in [1.82, 2.24) is 5.01 Å². The van der Waals surface area contributed by atoms with Crippen LogP contribution in [0.5, 0.6) is 0 Å². The van der Waals surface area contributed by atoms with Crippen LogP contribution in [-0.4, -0.2) is 29.2 Å². The van der Waals surface area contributed by atoms with E-state index in [1.54, 1.807) is 36.8 Å². The van der Waals surface area contributed by atoms with Gasteiger partial charge >= 0.3 is 5.97 Å². The second kappa shape index (κ2) is 9.85. The van der Waals surface area contributed by atoms with Crippen LogP contribution in [-0.2, 0) is 9.53 Å². The van der Waals surface area contributed by atoms with Crippen LogP contribution in [0.3, 0.4) is 0 Å². The van der Waals surface area contributed by atoms with Crippen LogP contribution >= 0.6 is 34.5 Å². The summed E-state index contributed by atoms with van der Waals surface area (Å²) in [5.41, 5.74) is 1.85. The molecule has 0 N–H and O–H groups in total. The number of ether oxygens (including phenoxy) is 1. The summed E-state index contributed by atoms with van der Waals surface area (Å²) in [6.07, 6.45) is 7.78. The lowest BCUT2D eigenvalue weighted by Crippen LogP contribution is -2.34. The average molecular weight is 555 g/mol. The fourth-order valence-electron chi connectivity index (χ4n) is 4.92. The van der Waals surface area contributed by atoms with Crippen molar-refractivity contribution in [1.29, 1.82) is 0 Å². The number of esters is 1. The summed E-state index contributed by atoms with van der Waals surface area (Å²) in [4.78, 5) is 26.4. The summed E-state index contributed by atoms with van der Waals surface area (Å²) in [6, 6.07) is 12.1. The van der Waals surface area contributed by atoms with E-state index in [0.717, 1.165) is 41.0 Å². The number of carbonyl (C=O) groups is 2. The van der Waals surface area contributed by atoms with E-state index < -0.39 is 24.5 Å². The summed E-state index contributed by atoms with van der Waals surface area (Å²) in [7, 11) is 0. The maximum absolute atomic E-state index is 13.4. The fourth-order valence-corrected chi connectivity index (χ4v) is 6.60. The number of carbonyl (C=O) groups excluding carboxylic acids is 2. The SMILES string of the molecule is O=C(OCC(=O)N1N=C2C(=Cc3ccco3)CCCC2C1c1ccco1)c1sc2cc(Cl)ccc2c1Cl. The Morgan fingerprint density at radius 1 is 1.16 bits per heavy atom. The van der Waals surface area contributed by atoms with E-state index in [4.69, 9.17) is 41.9 Å². The molecule has 37 heavy (non-hydrogen) atoms. The van der Waals surface area contributed by atoms with E-state index in [9.17, 15) is 9.59 Å². The number of thiophene rings is 1. The number of hydrazone groups is 1. The highest BCUT2D eigenvalue weighted by atomic mass is 35.5. The number of hydrogen-bond acceptors (Lipinski definition) is 7. The minimum Gasteiger partial charge on any atom is -0.467 e. The van der Waals surface area contributed by atoms with Gasteiger partial charge in [0.05, 0.1) is 23.3 Å². The van der Waals surface area contributed by atoms with Crippen LogP contribution in [0.1, 0.15) is 46.5 Å². The number of furan rings is 2. The van der Waals surface area contributed by atoms with Crippen molar-refractivity contribution in [2.45, 2.75) is 25.3 Å². The summed E-state index contributed by atoms with van der Waals surface area (Å²) < 4.78 is 17.4. The van der Waals surface area contributed by atoms with Gasteiger partial charge < -0.3 is 13.6 Å². The van der Waals surface area contributed by atoms with Crippen LogP contribution in [0.4, 0.5) is 0 Å². The van der Waals surface area contributed by atoms with Crippen molar-refractivity contribution < 1.29 is 23.2 Å². The Morgan fingerprint density at radius 2 is 2.00 bits per heavy atom. The van der Waals surface area contributed by atoms with Gasteiger partial charge in [-0.1, -0.05) is 29.3 Å². The fraction of sp³-hybridized carbons (Fsp3) is 0.222. The highest BCUT2D eigenvalue weighted by Gasteiger charge is 2.45. The Morgan fingerprint density at radius 3 is 2.78 bits per heavy atom. The smallest absolute Gasteiger partial charge is 0.350 e. The van der Waals surface area contributed by atoms with E-state index in [1.807, 2.05) is 24.3 Å². The zero-order chi connectivity index (χ0) is 25.5. The molecule has 10 heteroatoms. The van der Waals surface area contributed by atoms with Gasteiger partial charge in [-0.05, 0) is 67.3 Å². The standard InChI is InChI=1S/C27H20Cl2N2O5S/c28-16-8-9-18-21(13-16)37-26(23(18)29)27(33)36-14-22(32)31-25(20-7-3-11-35-20)19-6-1-4-15(24(19)30-31)12-17-5-2-10-34-17/h2-3,5,7-13,19,25H,1,4,6,14H2. The second-order valence-corrected chi connectivity index (χ2v) is 10.7. The van der Waals surface area contributed by atoms with Crippen molar-refractivity contribution in [3.05, 3.63) is 87.0 Å². The van der Waals surface area contributed by atoms with E-state index in [2.05, 4.69) is 0 Å². The van der Waals surface area contributed by atoms with Gasteiger partial charge in [0, 0.05) is 21.0 Å². The number of halogens is 2. The predicted molar refractivity (Wildman–Crippen MR) is 142 cm³/mol. The van der Waals surface area contributed by atoms with Crippen LogP contribution in [0.15, 0.2) is 74.5 Å². The number of rotatable bonds is 5. The van der Waals surface area contributed by atoms with E-state index in [0.29, 0.717) is 16.2 Å². The summed E-state index contributed by atoms with van der Waals surface area (Å²) in [5.74, 6) is 0.199. The third-order valence-corrected chi connectivity index (χ3v) is 8.43. The van der Waals surface area contributed by atoms with Crippen molar-refractivity contribution in [3.63, 3.8) is 0 Å². The first-order chi connectivity index (χ1) is 18.0. The second-order valence-electron chi connectivity index (χ2n) is 8.83. The quantitative estimate of drug-likeness (QED) is 0.240. The number of nitrogens with zero attached hydrogens (tertiary/aromatic N) is 2. The van der Waals surface area contributed by atoms with Gasteiger partial charge in [0.15, 0.2) is 6.61 Å². The van der Waals surface area contributed by atoms with Crippen molar-refractivity contribution >= 4 is 68.3 Å². The monoisotopic (exact) mass is 554 g/mol. The van der Waals surface area contributed by atoms with Gasteiger partial charge in [-0.2, -0.15) is 5.10 Å². The Labute approximate surface area is 225 Å². The van der Waals surface area contributed by atoms with Crippen LogP contribution in [0.2, 0.25) is 10.0 Å². The minimum absolute atomic E-state index is 0.0393. The van der Waals surface area contributed by atoms with Crippen LogP contribution in [0, 0.1) is 5.92 Å². The zero-order valence-electron chi connectivity index (χ0n) is 19.4. The molecule has 7 nitrogen and oxygen atoms in total. The van der Waals surface area contributed by atoms with E-state index >= 15 is 0 Å². The topological polar surface area (TPSA) is 85.3 Å². The Hall–Kier alpha value is -3.33. The van der Waals surface area contributed by atoms with Gasteiger partial charge in [0.2, 0.25) is 0 Å². The molecule has 4 heterocycles. The largest absolute Gasteiger partial charge is 0.467 e. The molecule has 2 atom stereocenters. The summed E-state index contributed by atoms with van der Waals surface area (Å²) in [5, 5.41) is 7.64. The predicted octanol–water partition coefficient (Wildman–Crippen LogP) is 7.37. The zero-order valence-corrected chi connectivity index (χ0v) is 21.7. The summed E-state index contributed by atoms with van der Waals surface area (Å²) in [6.45, 7) is -0.484. The molecule has 1 aliphatic heterocycles. The highest BCUT2D eigenvalue weighted by molar-refractivity contribution is 7.21. The molecule has 6 rings (SSSR count). The third kappa shape index (κ3) is 4.50. The molecule has 0 radical (unpaired) electrons. The molecule has 0 bridgehead atoms. The number of fused-ring (bicyclic) bond motifs is 2. The number of hydrogen-bond donors (Lipinski definition) is 0. The molecule has 4 aromatic rings. The number of allylic oxidation sites excluding steroid dienone is 1. The first kappa shape index (κ1) is 24.0. The first-order valence-corrected chi connectivity index (χ1v) is 13.3. The minimum atomic E-state index is -0.673. The molecule has 2 aliphatic rings. The van der Waals surface area contributed by atoms with Crippen molar-refractivity contribution in [3.8, 4) is 0 Å². The normalized spacial score (nSPS) is 20.3. The molecular formula is C27H20Cl2N2O5S. The molecule has 3 aromatic heterocycles. The van der Waals surface area contributed by atoms with Gasteiger partial charge in [0.1, 0.15) is 22.4 Å². The van der Waals surface area contributed by atoms with Gasteiger partial charge in [0.25, 0.3) is 5.91 Å². The van der Waals surface area contributed by atoms with Crippen LogP contribution < -0.4 is 0 Å². The third-order valence-electron chi connectivity index (χ3n) is 6.56. The molecule has 188 valence electrons. The molecule has 0 saturated heterocycles. The van der Waals surface area contributed by atoms with E-state index in [-0.39, 0.29) is 15.8 Å². The average Bonchev–Trinajstić information content (AvgIpc) is 3.69. The molecule has 1 aromatic carbocycles. The molecular weight excluding hydrogens is 535 g/mol. The molecule has 0 spiro atoms. The van der Waals surface area contributed by atoms with E-state index in [1.165, 1.54) is 16.3 Å². The van der Waals surface area contributed by atoms with Crippen LogP contribution in [0.25, 0.3) is 16.2 Å². The maximum Gasteiger partial charge on any atom is 0.350 e. The molecule has 1 fully saturated rings. The molecule has 1 amide bonds. The highest BCUT2D eigenvalue weighted by Crippen LogP contribution is 2.44. The van der Waals surface area contributed by atoms with Gasteiger partial charge in [-0.25, -0.2) is 9.80 Å².